The van der Waals surface area contributed by atoms with Crippen LogP contribution in [0.5, 0.6) is 0 Å². The van der Waals surface area contributed by atoms with E-state index in [0.29, 0.717) is 25.1 Å². The van der Waals surface area contributed by atoms with E-state index < -0.39 is 6.43 Å². The number of alkyl halides is 2. The molecule has 0 saturated heterocycles. The molecule has 0 fully saturated rings. The minimum absolute atomic E-state index is 0.0495. The Morgan fingerprint density at radius 1 is 1.13 bits per heavy atom. The summed E-state index contributed by atoms with van der Waals surface area (Å²) in [6.07, 6.45) is 1.22. The third-order valence-electron chi connectivity index (χ3n) is 5.62. The van der Waals surface area contributed by atoms with Crippen molar-refractivity contribution in [2.24, 2.45) is 7.05 Å². The van der Waals surface area contributed by atoms with E-state index in [9.17, 15) is 13.6 Å². The number of carbonyl (C=O) groups is 1. The Morgan fingerprint density at radius 3 is 2.77 bits per heavy atom. The summed E-state index contributed by atoms with van der Waals surface area (Å²) in [5.74, 6) is -0.0495. The minimum atomic E-state index is -2.60. The Morgan fingerprint density at radius 2 is 2.00 bits per heavy atom. The van der Waals surface area contributed by atoms with Crippen LogP contribution in [0.3, 0.4) is 0 Å². The van der Waals surface area contributed by atoms with Crippen LogP contribution in [-0.4, -0.2) is 37.1 Å². The van der Waals surface area contributed by atoms with Gasteiger partial charge in [0.25, 0.3) is 12.3 Å². The van der Waals surface area contributed by atoms with Crippen LogP contribution >= 0.6 is 0 Å². The molecule has 0 saturated carbocycles. The number of halogens is 2. The lowest BCUT2D eigenvalue weighted by molar-refractivity contribution is 0.0732. The van der Waals surface area contributed by atoms with Crippen molar-refractivity contribution < 1.29 is 13.6 Å². The van der Waals surface area contributed by atoms with E-state index in [1.165, 1.54) is 12.3 Å². The quantitative estimate of drug-likeness (QED) is 0.500. The molecule has 3 aromatic heterocycles. The molecule has 0 bridgehead atoms. The second-order valence-electron chi connectivity index (χ2n) is 7.56. The van der Waals surface area contributed by atoms with Crippen molar-refractivity contribution in [1.29, 1.82) is 0 Å². The Balaban J connectivity index is 1.42. The zero-order valence-corrected chi connectivity index (χ0v) is 16.8. The summed E-state index contributed by atoms with van der Waals surface area (Å²) in [5, 5.41) is 5.52. The zero-order valence-electron chi connectivity index (χ0n) is 16.8. The predicted molar refractivity (Wildman–Crippen MR) is 112 cm³/mol. The molecule has 6 nitrogen and oxygen atoms in total. The number of rotatable bonds is 3. The van der Waals surface area contributed by atoms with Gasteiger partial charge in [0.2, 0.25) is 0 Å². The maximum absolute atomic E-state index is 13.1. The number of aromatic nitrogens is 4. The highest BCUT2D eigenvalue weighted by molar-refractivity contribution is 5.98. The first kappa shape index (κ1) is 19.3. The Hall–Kier alpha value is -3.68. The summed E-state index contributed by atoms with van der Waals surface area (Å²) in [7, 11) is 1.82. The third kappa shape index (κ3) is 3.43. The number of amides is 1. The number of benzene rings is 1. The first-order valence-electron chi connectivity index (χ1n) is 9.94. The summed E-state index contributed by atoms with van der Waals surface area (Å²) in [6.45, 7) is 0.952. The maximum atomic E-state index is 13.1. The first-order chi connectivity index (χ1) is 15.0. The third-order valence-corrected chi connectivity index (χ3v) is 5.62. The molecular formula is C23H19F2N5O. The predicted octanol–water partition coefficient (Wildman–Crippen LogP) is 4.17. The highest BCUT2D eigenvalue weighted by atomic mass is 19.3. The van der Waals surface area contributed by atoms with Gasteiger partial charge in [0.15, 0.2) is 0 Å². The van der Waals surface area contributed by atoms with E-state index in [1.54, 1.807) is 27.9 Å². The summed E-state index contributed by atoms with van der Waals surface area (Å²) in [6, 6.07) is 12.3. The van der Waals surface area contributed by atoms with Gasteiger partial charge in [0.1, 0.15) is 5.69 Å². The van der Waals surface area contributed by atoms with Crippen molar-refractivity contribution in [2.75, 3.05) is 6.54 Å². The molecule has 0 N–H and O–H groups in total. The van der Waals surface area contributed by atoms with Crippen molar-refractivity contribution in [2.45, 2.75) is 19.4 Å². The van der Waals surface area contributed by atoms with Crippen LogP contribution in [0, 0.1) is 0 Å². The Labute approximate surface area is 177 Å². The molecular weight excluding hydrogens is 400 g/mol. The molecule has 0 radical (unpaired) electrons. The minimum Gasteiger partial charge on any atom is -0.332 e. The molecule has 156 valence electrons. The van der Waals surface area contributed by atoms with E-state index >= 15 is 0 Å². The summed E-state index contributed by atoms with van der Waals surface area (Å²) < 4.78 is 27.4. The number of nitrogens with zero attached hydrogens (tertiary/aromatic N) is 5. The summed E-state index contributed by atoms with van der Waals surface area (Å²) >= 11 is 0. The molecule has 4 aromatic rings. The van der Waals surface area contributed by atoms with Crippen LogP contribution in [0.4, 0.5) is 8.78 Å². The molecule has 1 amide bonds. The molecule has 0 spiro atoms. The van der Waals surface area contributed by atoms with Crippen LogP contribution < -0.4 is 0 Å². The van der Waals surface area contributed by atoms with Crippen LogP contribution in [0.2, 0.25) is 0 Å². The topological polar surface area (TPSA) is 63.9 Å². The second-order valence-corrected chi connectivity index (χ2v) is 7.56. The smallest absolute Gasteiger partial charge is 0.280 e. The number of pyridine rings is 2. The number of hydrogen-bond donors (Lipinski definition) is 0. The van der Waals surface area contributed by atoms with Crippen molar-refractivity contribution in [3.8, 4) is 11.3 Å². The van der Waals surface area contributed by atoms with Gasteiger partial charge < -0.3 is 4.90 Å². The van der Waals surface area contributed by atoms with Gasteiger partial charge in [-0.15, -0.1) is 0 Å². The Kier molecular flexibility index (Phi) is 4.69. The van der Waals surface area contributed by atoms with Crippen LogP contribution in [-0.2, 0) is 20.0 Å². The summed E-state index contributed by atoms with van der Waals surface area (Å²) in [4.78, 5) is 23.1. The fraction of sp³-hybridized carbons (Fsp3) is 0.217. The molecule has 0 unspecified atom stereocenters. The molecule has 0 aliphatic carbocycles. The number of carbonyl (C=O) groups excluding carboxylic acids is 1. The van der Waals surface area contributed by atoms with Gasteiger partial charge in [-0.05, 0) is 42.8 Å². The van der Waals surface area contributed by atoms with E-state index in [1.807, 2.05) is 31.3 Å². The van der Waals surface area contributed by atoms with Gasteiger partial charge in [-0.1, -0.05) is 6.07 Å². The number of hydrogen-bond acceptors (Lipinski definition) is 4. The maximum Gasteiger partial charge on any atom is 0.280 e. The molecule has 8 heteroatoms. The SMILES string of the molecule is Cn1nc2c(c1-c1ccc(C(F)F)nc1)CCN(C(=O)c1ccc3ncccc3c1)C2. The fourth-order valence-electron chi connectivity index (χ4n) is 4.12. The highest BCUT2D eigenvalue weighted by Gasteiger charge is 2.28. The van der Waals surface area contributed by atoms with Gasteiger partial charge >= 0.3 is 0 Å². The summed E-state index contributed by atoms with van der Waals surface area (Å²) in [5.41, 5.74) is 4.66. The van der Waals surface area contributed by atoms with Crippen LogP contribution in [0.15, 0.2) is 54.9 Å². The number of fused-ring (bicyclic) bond motifs is 2. The molecule has 1 aliphatic rings. The molecule has 31 heavy (non-hydrogen) atoms. The Bertz CT molecular complexity index is 1280. The van der Waals surface area contributed by atoms with Gasteiger partial charge in [-0.3, -0.25) is 19.4 Å². The van der Waals surface area contributed by atoms with Crippen LogP contribution in [0.1, 0.15) is 33.7 Å². The number of aryl methyl sites for hydroxylation is 1. The first-order valence-corrected chi connectivity index (χ1v) is 9.94. The van der Waals surface area contributed by atoms with E-state index in [2.05, 4.69) is 15.1 Å². The lowest BCUT2D eigenvalue weighted by Crippen LogP contribution is -2.36. The van der Waals surface area contributed by atoms with Crippen molar-refractivity contribution >= 4 is 16.8 Å². The standard InChI is InChI=1S/C23H19F2N5O/c1-29-21(16-5-7-19(22(24)25)27-12-16)17-8-10-30(13-20(17)28-29)23(31)15-4-6-18-14(11-15)3-2-9-26-18/h2-7,9,11-12,22H,8,10,13H2,1H3. The highest BCUT2D eigenvalue weighted by Crippen LogP contribution is 2.31. The van der Waals surface area contributed by atoms with Gasteiger partial charge in [0.05, 0.1) is 23.4 Å². The monoisotopic (exact) mass is 419 g/mol. The van der Waals surface area contributed by atoms with E-state index in [-0.39, 0.29) is 11.6 Å². The van der Waals surface area contributed by atoms with Gasteiger partial charge in [0, 0.05) is 48.1 Å². The zero-order chi connectivity index (χ0) is 21.5. The van der Waals surface area contributed by atoms with Crippen molar-refractivity contribution in [1.82, 2.24) is 24.6 Å². The lowest BCUT2D eigenvalue weighted by atomic mass is 10.00. The fourth-order valence-corrected chi connectivity index (χ4v) is 4.12. The molecule has 5 rings (SSSR count). The average molecular weight is 419 g/mol. The van der Waals surface area contributed by atoms with Crippen molar-refractivity contribution in [3.05, 3.63) is 77.4 Å². The second kappa shape index (κ2) is 7.54. The van der Waals surface area contributed by atoms with Crippen LogP contribution in [0.25, 0.3) is 22.2 Å². The molecule has 4 heterocycles. The van der Waals surface area contributed by atoms with Gasteiger partial charge in [-0.25, -0.2) is 8.78 Å². The molecule has 0 atom stereocenters. The molecule has 1 aromatic carbocycles. The lowest BCUT2D eigenvalue weighted by Gasteiger charge is -2.26. The van der Waals surface area contributed by atoms with E-state index in [0.717, 1.165) is 33.4 Å². The normalized spacial score (nSPS) is 13.6. The van der Waals surface area contributed by atoms with E-state index in [4.69, 9.17) is 0 Å². The molecule has 1 aliphatic heterocycles. The van der Waals surface area contributed by atoms with Crippen molar-refractivity contribution in [3.63, 3.8) is 0 Å². The largest absolute Gasteiger partial charge is 0.332 e. The van der Waals surface area contributed by atoms with Gasteiger partial charge in [-0.2, -0.15) is 5.10 Å². The average Bonchev–Trinajstić information content (AvgIpc) is 3.13.